The van der Waals surface area contributed by atoms with Crippen molar-refractivity contribution in [3.8, 4) is 0 Å². The van der Waals surface area contributed by atoms with Crippen molar-refractivity contribution in [1.82, 2.24) is 0 Å². The molecule has 0 fully saturated rings. The van der Waals surface area contributed by atoms with Gasteiger partial charge in [-0.15, -0.1) is 0 Å². The molecule has 0 aromatic heterocycles. The first-order valence-corrected chi connectivity index (χ1v) is 7.36. The zero-order chi connectivity index (χ0) is 12.6. The molecule has 0 spiro atoms. The smallest absolute Gasteiger partial charge is 0.319 e. The van der Waals surface area contributed by atoms with Crippen LogP contribution in [0.3, 0.4) is 0 Å². The number of hydrogen-bond acceptors (Lipinski definition) is 6. The van der Waals surface area contributed by atoms with Crippen LogP contribution in [0, 0.1) is 0 Å². The molecule has 0 rings (SSSR count). The molecule has 0 bridgehead atoms. The number of esters is 2. The van der Waals surface area contributed by atoms with E-state index < -0.39 is 0 Å². The molecule has 94 valence electrons. The van der Waals surface area contributed by atoms with E-state index in [1.54, 1.807) is 0 Å². The van der Waals surface area contributed by atoms with Crippen LogP contribution in [0.2, 0.25) is 0 Å². The Bertz CT molecular complexity index is 209. The summed E-state index contributed by atoms with van der Waals surface area (Å²) in [5, 5.41) is -0.456. The highest BCUT2D eigenvalue weighted by atomic mass is 33.1. The largest absolute Gasteiger partial charge is 0.468 e. The van der Waals surface area contributed by atoms with Crippen molar-refractivity contribution in [2.45, 2.75) is 37.2 Å². The third-order valence-corrected chi connectivity index (χ3v) is 5.31. The maximum absolute atomic E-state index is 11.3. The topological polar surface area (TPSA) is 52.6 Å². The van der Waals surface area contributed by atoms with Crippen molar-refractivity contribution >= 4 is 33.5 Å². The predicted octanol–water partition coefficient (Wildman–Crippen LogP) is 2.27. The van der Waals surface area contributed by atoms with Gasteiger partial charge in [0.1, 0.15) is 10.5 Å². The zero-order valence-corrected chi connectivity index (χ0v) is 11.7. The Kier molecular flexibility index (Phi) is 8.56. The molecule has 0 N–H and O–H groups in total. The normalized spacial score (nSPS) is 14.0. The van der Waals surface area contributed by atoms with Crippen LogP contribution in [0.15, 0.2) is 0 Å². The highest BCUT2D eigenvalue weighted by molar-refractivity contribution is 8.77. The maximum atomic E-state index is 11.3. The molecular formula is C10H18O4S2. The van der Waals surface area contributed by atoms with Crippen molar-refractivity contribution in [2.24, 2.45) is 0 Å². The van der Waals surface area contributed by atoms with Crippen molar-refractivity contribution in [1.29, 1.82) is 0 Å². The van der Waals surface area contributed by atoms with E-state index in [4.69, 9.17) is 0 Å². The molecule has 0 saturated carbocycles. The van der Waals surface area contributed by atoms with E-state index in [0.29, 0.717) is 12.8 Å². The first-order valence-electron chi connectivity index (χ1n) is 5.08. The Morgan fingerprint density at radius 2 is 1.25 bits per heavy atom. The minimum Gasteiger partial charge on any atom is -0.468 e. The molecule has 0 saturated heterocycles. The van der Waals surface area contributed by atoms with Crippen LogP contribution in [-0.2, 0) is 19.1 Å². The number of ether oxygens (including phenoxy) is 2. The monoisotopic (exact) mass is 266 g/mol. The highest BCUT2D eigenvalue weighted by Crippen LogP contribution is 2.35. The molecule has 0 heterocycles. The molecule has 2 atom stereocenters. The second kappa shape index (κ2) is 8.75. The van der Waals surface area contributed by atoms with Crippen LogP contribution in [0.4, 0.5) is 0 Å². The summed E-state index contributed by atoms with van der Waals surface area (Å²) in [4.78, 5) is 22.6. The number of carbonyl (C=O) groups is 2. The molecule has 0 radical (unpaired) electrons. The van der Waals surface area contributed by atoms with Gasteiger partial charge in [0.05, 0.1) is 14.2 Å². The standard InChI is InChI=1S/C10H18O4S2/c1-5-7(9(11)13-3)15-16-8(6-2)10(12)14-4/h7-8H,5-6H2,1-4H3. The van der Waals surface area contributed by atoms with Gasteiger partial charge < -0.3 is 9.47 Å². The predicted molar refractivity (Wildman–Crippen MR) is 67.4 cm³/mol. The lowest BCUT2D eigenvalue weighted by atomic mass is 10.3. The van der Waals surface area contributed by atoms with E-state index in [2.05, 4.69) is 9.47 Å². The summed E-state index contributed by atoms with van der Waals surface area (Å²) in [5.41, 5.74) is 0. The van der Waals surface area contributed by atoms with Gasteiger partial charge in [-0.2, -0.15) is 0 Å². The Hall–Kier alpha value is -0.360. The Morgan fingerprint density at radius 1 is 0.938 bits per heavy atom. The first-order chi connectivity index (χ1) is 7.60. The van der Waals surface area contributed by atoms with Crippen LogP contribution in [0.25, 0.3) is 0 Å². The summed E-state index contributed by atoms with van der Waals surface area (Å²) in [6.07, 6.45) is 1.36. The summed E-state index contributed by atoms with van der Waals surface area (Å²) in [6.45, 7) is 3.82. The van der Waals surface area contributed by atoms with E-state index in [9.17, 15) is 9.59 Å². The fraction of sp³-hybridized carbons (Fsp3) is 0.800. The molecule has 2 unspecified atom stereocenters. The molecule has 0 amide bonds. The van der Waals surface area contributed by atoms with Crippen molar-refractivity contribution in [3.05, 3.63) is 0 Å². The lowest BCUT2D eigenvalue weighted by Gasteiger charge is -2.15. The molecule has 0 aliphatic rings. The quantitative estimate of drug-likeness (QED) is 0.520. The van der Waals surface area contributed by atoms with Gasteiger partial charge in [-0.1, -0.05) is 35.4 Å². The van der Waals surface area contributed by atoms with Gasteiger partial charge in [0.25, 0.3) is 0 Å². The second-order valence-corrected chi connectivity index (χ2v) is 5.71. The van der Waals surface area contributed by atoms with Crippen LogP contribution < -0.4 is 0 Å². The third-order valence-electron chi connectivity index (χ3n) is 1.96. The fourth-order valence-corrected chi connectivity index (χ4v) is 3.93. The van der Waals surface area contributed by atoms with Crippen LogP contribution >= 0.6 is 21.6 Å². The number of carbonyl (C=O) groups excluding carboxylic acids is 2. The summed E-state index contributed by atoms with van der Waals surface area (Å²) in [5.74, 6) is -0.501. The van der Waals surface area contributed by atoms with Gasteiger partial charge in [0, 0.05) is 0 Å². The maximum Gasteiger partial charge on any atom is 0.319 e. The van der Waals surface area contributed by atoms with Gasteiger partial charge in [-0.05, 0) is 12.8 Å². The van der Waals surface area contributed by atoms with Gasteiger partial charge in [0.2, 0.25) is 0 Å². The van der Waals surface area contributed by atoms with E-state index in [1.165, 1.54) is 35.8 Å². The molecule has 4 nitrogen and oxygen atoms in total. The summed E-state index contributed by atoms with van der Waals surface area (Å²) in [7, 11) is 5.48. The average molecular weight is 266 g/mol. The molecule has 0 aromatic rings. The van der Waals surface area contributed by atoms with E-state index in [1.807, 2.05) is 13.8 Å². The van der Waals surface area contributed by atoms with Crippen LogP contribution in [0.1, 0.15) is 26.7 Å². The lowest BCUT2D eigenvalue weighted by molar-refractivity contribution is -0.140. The highest BCUT2D eigenvalue weighted by Gasteiger charge is 2.23. The van der Waals surface area contributed by atoms with Gasteiger partial charge >= 0.3 is 11.9 Å². The van der Waals surface area contributed by atoms with Crippen LogP contribution in [0.5, 0.6) is 0 Å². The van der Waals surface area contributed by atoms with Gasteiger partial charge in [-0.25, -0.2) is 0 Å². The second-order valence-electron chi connectivity index (χ2n) is 3.03. The molecule has 0 aliphatic carbocycles. The lowest BCUT2D eigenvalue weighted by Crippen LogP contribution is -2.20. The molecular weight excluding hydrogens is 248 g/mol. The number of hydrogen-bond donors (Lipinski definition) is 0. The average Bonchev–Trinajstić information content (AvgIpc) is 2.33. The summed E-state index contributed by atoms with van der Waals surface area (Å²) < 4.78 is 9.33. The molecule has 0 aromatic carbocycles. The Morgan fingerprint density at radius 3 is 1.44 bits per heavy atom. The molecule has 0 aliphatic heterocycles. The number of rotatable bonds is 7. The Balaban J connectivity index is 4.17. The summed E-state index contributed by atoms with van der Waals surface area (Å²) in [6, 6.07) is 0. The minimum atomic E-state index is -0.250. The third kappa shape index (κ3) is 5.12. The van der Waals surface area contributed by atoms with Gasteiger partial charge in [-0.3, -0.25) is 9.59 Å². The molecule has 16 heavy (non-hydrogen) atoms. The van der Waals surface area contributed by atoms with E-state index >= 15 is 0 Å². The molecule has 6 heteroatoms. The van der Waals surface area contributed by atoms with Crippen molar-refractivity contribution in [2.75, 3.05) is 14.2 Å². The SMILES string of the molecule is CCC(SSC(CC)C(=O)OC)C(=O)OC. The van der Waals surface area contributed by atoms with Crippen molar-refractivity contribution < 1.29 is 19.1 Å². The first kappa shape index (κ1) is 15.6. The fourth-order valence-electron chi connectivity index (χ4n) is 0.945. The van der Waals surface area contributed by atoms with Crippen LogP contribution in [-0.4, -0.2) is 36.7 Å². The van der Waals surface area contributed by atoms with Crippen molar-refractivity contribution in [3.63, 3.8) is 0 Å². The Labute approximate surface area is 104 Å². The zero-order valence-electron chi connectivity index (χ0n) is 10.0. The van der Waals surface area contributed by atoms with Gasteiger partial charge in [0.15, 0.2) is 0 Å². The summed E-state index contributed by atoms with van der Waals surface area (Å²) >= 11 is 0. The van der Waals surface area contributed by atoms with E-state index in [0.717, 1.165) is 0 Å². The number of methoxy groups -OCH3 is 2. The minimum absolute atomic E-state index is 0.228. The van der Waals surface area contributed by atoms with E-state index in [-0.39, 0.29) is 22.4 Å².